The second-order valence-electron chi connectivity index (χ2n) is 12.1. The average molecular weight is 740 g/mol. The summed E-state index contributed by atoms with van der Waals surface area (Å²) in [6, 6.07) is -0.851. The predicted octanol–water partition coefficient (Wildman–Crippen LogP) is 0.270. The molecule has 2 aliphatic rings. The Morgan fingerprint density at radius 2 is 1.82 bits per heavy atom. The van der Waals surface area contributed by atoms with Gasteiger partial charge in [-0.3, -0.25) is 19.3 Å². The SMILES string of the molecule is CCCC[NH+](CCCC)CCCC.CN(C)CCn1nnnc1SCC1=C(C(=O)[O-])N2C(=O)[C@@H](NC(=O)Cc3csc(NC=O)[15n]3)[C@H]2SC1. The number of fused-ring (bicyclic) bond motifs is 1. The van der Waals surface area contributed by atoms with Crippen LogP contribution in [-0.2, 0) is 32.1 Å². The fraction of sp³-hybridized carbons (Fsp3) is 0.677. The van der Waals surface area contributed by atoms with Crippen LogP contribution in [0, 0.1) is 0 Å². The zero-order chi connectivity index (χ0) is 35.8. The number of nitrogens with zero attached hydrogens (tertiary/aromatic N) is 7. The fourth-order valence-electron chi connectivity index (χ4n) is 5.22. The lowest BCUT2D eigenvalue weighted by atomic mass is 10.0. The number of amides is 3. The zero-order valence-corrected chi connectivity index (χ0v) is 31.6. The fourth-order valence-corrected chi connectivity index (χ4v) is 8.28. The lowest BCUT2D eigenvalue weighted by molar-refractivity contribution is -0.900. The van der Waals surface area contributed by atoms with Crippen LogP contribution in [0.2, 0.25) is 0 Å². The molecule has 3 amide bonds. The van der Waals surface area contributed by atoms with E-state index in [1.165, 1.54) is 97.9 Å². The van der Waals surface area contributed by atoms with Crippen LogP contribution < -0.4 is 20.6 Å². The molecular weight excluding hydrogens is 690 g/mol. The minimum atomic E-state index is -1.45. The number of anilines is 1. The Labute approximate surface area is 301 Å². The highest BCUT2D eigenvalue weighted by Crippen LogP contribution is 2.41. The molecule has 272 valence electrons. The van der Waals surface area contributed by atoms with E-state index < -0.39 is 29.2 Å². The molecule has 0 spiro atoms. The Bertz CT molecular complexity index is 1380. The number of hydrogen-bond acceptors (Lipinski definition) is 13. The second kappa shape index (κ2) is 21.2. The molecule has 4 heterocycles. The molecule has 0 bridgehead atoms. The van der Waals surface area contributed by atoms with Gasteiger partial charge in [0.05, 0.1) is 50.0 Å². The smallest absolute Gasteiger partial charge is 0.253 e. The molecule has 15 nitrogen and oxygen atoms in total. The van der Waals surface area contributed by atoms with Crippen LogP contribution in [0.4, 0.5) is 5.13 Å². The van der Waals surface area contributed by atoms with E-state index in [1.54, 1.807) is 10.1 Å². The summed E-state index contributed by atoms with van der Waals surface area (Å²) in [5.41, 5.74) is 0.807. The van der Waals surface area contributed by atoms with Gasteiger partial charge in [-0.25, -0.2) is 9.67 Å². The first-order chi connectivity index (χ1) is 23.6. The summed E-state index contributed by atoms with van der Waals surface area (Å²) in [5, 5.41) is 30.7. The van der Waals surface area contributed by atoms with Crippen molar-refractivity contribution in [2.24, 2.45) is 0 Å². The standard InChI is InChI=1S/C19H23N9O5S3.C12H27N/c1-26(2)3-4-27-19(23-24-25-27)36-7-10-6-34-16-13(15(31)28(16)14(10)17(32)33)22-12(30)5-11-8-35-18(21-11)20-9-29;1-4-7-10-13(11-8-5-2)12-9-6-3/h8-9,13,16H,3-7H2,1-2H3,(H,22,30)(H,32,33)(H,20,21,29);4-12H2,1-3H3/t13-,16-;/m1./s1/i21+1;. The van der Waals surface area contributed by atoms with E-state index >= 15 is 0 Å². The minimum Gasteiger partial charge on any atom is -0.543 e. The van der Waals surface area contributed by atoms with Gasteiger partial charge in [-0.05, 0) is 49.4 Å². The van der Waals surface area contributed by atoms with Gasteiger partial charge in [-0.15, -0.1) is 28.2 Å². The number of carboxylic acid groups (broad SMARTS) is 1. The molecule has 49 heavy (non-hydrogen) atoms. The molecule has 1 fully saturated rings. The summed E-state index contributed by atoms with van der Waals surface area (Å²) in [5.74, 6) is -1.77. The highest BCUT2D eigenvalue weighted by Gasteiger charge is 2.52. The Morgan fingerprint density at radius 1 is 1.14 bits per heavy atom. The maximum atomic E-state index is 12.8. The van der Waals surface area contributed by atoms with Crippen LogP contribution in [0.15, 0.2) is 21.8 Å². The van der Waals surface area contributed by atoms with Crippen molar-refractivity contribution in [2.45, 2.75) is 88.8 Å². The van der Waals surface area contributed by atoms with E-state index in [2.05, 4.69) is 51.9 Å². The van der Waals surface area contributed by atoms with Crippen LogP contribution in [-0.4, -0.2) is 122 Å². The quantitative estimate of drug-likeness (QED) is 0.0905. The first-order valence-corrected chi connectivity index (χ1v) is 19.7. The highest BCUT2D eigenvalue weighted by atomic mass is 32.2. The number of carbonyl (C=O) groups is 4. The van der Waals surface area contributed by atoms with Gasteiger partial charge in [-0.1, -0.05) is 51.8 Å². The van der Waals surface area contributed by atoms with Crippen LogP contribution >= 0.6 is 34.9 Å². The number of thioether (sulfide) groups is 2. The third kappa shape index (κ3) is 12.3. The predicted molar refractivity (Wildman–Crippen MR) is 190 cm³/mol. The number of unbranched alkanes of at least 4 members (excludes halogenated alkanes) is 3. The molecule has 3 N–H and O–H groups in total. The van der Waals surface area contributed by atoms with Gasteiger partial charge in [-0.2, -0.15) is 0 Å². The van der Waals surface area contributed by atoms with Crippen molar-refractivity contribution < 1.29 is 29.2 Å². The maximum absolute atomic E-state index is 12.8. The van der Waals surface area contributed by atoms with E-state index in [-0.39, 0.29) is 17.9 Å². The van der Waals surface area contributed by atoms with Gasteiger partial charge >= 0.3 is 0 Å². The lowest BCUT2D eigenvalue weighted by Crippen LogP contribution is -3.12. The number of tetrazole rings is 1. The number of carbonyl (C=O) groups excluding carboxylic acids is 4. The number of likely N-dealkylation sites (N-methyl/N-ethyl adjacent to an activating group) is 1. The van der Waals surface area contributed by atoms with E-state index in [9.17, 15) is 24.3 Å². The number of quaternary nitrogens is 1. The molecule has 2 aliphatic heterocycles. The van der Waals surface area contributed by atoms with Crippen molar-refractivity contribution in [1.29, 1.82) is 0 Å². The Balaban J connectivity index is 0.000000425. The number of carboxylic acids is 1. The first-order valence-electron chi connectivity index (χ1n) is 16.8. The number of thiazole rings is 1. The van der Waals surface area contributed by atoms with Crippen LogP contribution in [0.3, 0.4) is 0 Å². The van der Waals surface area contributed by atoms with Gasteiger partial charge in [0.15, 0.2) is 5.13 Å². The summed E-state index contributed by atoms with van der Waals surface area (Å²) in [6.45, 7) is 12.4. The van der Waals surface area contributed by atoms with Crippen molar-refractivity contribution in [3.63, 3.8) is 0 Å². The molecule has 4 rings (SSSR count). The summed E-state index contributed by atoms with van der Waals surface area (Å²) >= 11 is 3.83. The molecule has 0 saturated carbocycles. The normalized spacial score (nSPS) is 17.0. The van der Waals surface area contributed by atoms with Crippen molar-refractivity contribution in [3.05, 3.63) is 22.3 Å². The Kier molecular flexibility index (Phi) is 17.5. The summed E-state index contributed by atoms with van der Waals surface area (Å²) < 4.78 is 1.64. The summed E-state index contributed by atoms with van der Waals surface area (Å²) in [7, 11) is 3.87. The van der Waals surface area contributed by atoms with E-state index in [4.69, 9.17) is 0 Å². The monoisotopic (exact) mass is 739 g/mol. The molecule has 2 atom stereocenters. The van der Waals surface area contributed by atoms with Crippen LogP contribution in [0.1, 0.15) is 65.0 Å². The third-order valence-electron chi connectivity index (χ3n) is 7.92. The largest absolute Gasteiger partial charge is 0.543 e. The number of nitrogens with one attached hydrogen (secondary N) is 3. The maximum Gasteiger partial charge on any atom is 0.253 e. The van der Waals surface area contributed by atoms with Gasteiger partial charge in [0.1, 0.15) is 11.4 Å². The molecule has 0 aromatic carbocycles. The molecule has 0 aliphatic carbocycles. The molecule has 1 saturated heterocycles. The van der Waals surface area contributed by atoms with Crippen molar-refractivity contribution in [1.82, 2.24) is 40.3 Å². The first kappa shape index (κ1) is 40.4. The lowest BCUT2D eigenvalue weighted by Gasteiger charge is -2.50. The molecule has 18 heteroatoms. The third-order valence-corrected chi connectivity index (χ3v) is 11.1. The van der Waals surface area contributed by atoms with Crippen molar-refractivity contribution in [3.8, 4) is 0 Å². The van der Waals surface area contributed by atoms with Crippen LogP contribution in [0.25, 0.3) is 0 Å². The zero-order valence-electron chi connectivity index (χ0n) is 29.1. The van der Waals surface area contributed by atoms with Gasteiger partial charge in [0, 0.05) is 23.4 Å². The summed E-state index contributed by atoms with van der Waals surface area (Å²) in [4.78, 5) is 56.9. The Morgan fingerprint density at radius 3 is 2.41 bits per heavy atom. The molecule has 0 unspecified atom stereocenters. The van der Waals surface area contributed by atoms with Gasteiger partial charge in [0.2, 0.25) is 17.5 Å². The number of hydrogen-bond donors (Lipinski definition) is 3. The molecule has 0 radical (unpaired) electrons. The molecule has 2 aromatic rings. The number of aliphatic carboxylic acids is 1. The number of aromatic nitrogens is 5. The topological polar surface area (TPSA) is 183 Å². The number of β-lactam (4-membered cyclic amide) rings is 1. The molecular formula is C31H50N10O5S3. The molecule has 2 aromatic heterocycles. The summed E-state index contributed by atoms with van der Waals surface area (Å²) in [6.07, 6.45) is 8.68. The van der Waals surface area contributed by atoms with E-state index in [1.807, 2.05) is 23.9 Å². The highest BCUT2D eigenvalue weighted by molar-refractivity contribution is 8.01. The minimum absolute atomic E-state index is 0.0776. The van der Waals surface area contributed by atoms with Crippen LogP contribution in [0.5, 0.6) is 0 Å². The number of rotatable bonds is 21. The van der Waals surface area contributed by atoms with Crippen molar-refractivity contribution >= 4 is 64.2 Å². The van der Waals surface area contributed by atoms with Gasteiger partial charge in [0.25, 0.3) is 5.91 Å². The van der Waals surface area contributed by atoms with E-state index in [0.29, 0.717) is 40.3 Å². The van der Waals surface area contributed by atoms with Crippen molar-refractivity contribution in [2.75, 3.05) is 57.1 Å². The average Bonchev–Trinajstić information content (AvgIpc) is 3.73. The van der Waals surface area contributed by atoms with Gasteiger partial charge < -0.3 is 30.3 Å². The van der Waals surface area contributed by atoms with E-state index in [0.717, 1.165) is 6.54 Å². The second-order valence-corrected chi connectivity index (χ2v) is 15.0. The Hall–Kier alpha value is -3.06.